The summed E-state index contributed by atoms with van der Waals surface area (Å²) in [5, 5.41) is 1.05. The average Bonchev–Trinajstić information content (AvgIpc) is 2.12. The van der Waals surface area contributed by atoms with E-state index in [-0.39, 0.29) is 5.92 Å². The van der Waals surface area contributed by atoms with Crippen LogP contribution in [0.25, 0.3) is 0 Å². The minimum atomic E-state index is -0.309. The van der Waals surface area contributed by atoms with Crippen molar-refractivity contribution >= 4 is 29.5 Å². The van der Waals surface area contributed by atoms with Gasteiger partial charge in [0.2, 0.25) is 0 Å². The molecule has 0 bridgehead atoms. The van der Waals surface area contributed by atoms with Gasteiger partial charge in [-0.05, 0) is 23.8 Å². The standard InChI is InChI=1S/C10H10Cl2O2/c1-14-6-8(5-13)7-2-9(11)4-10(12)3-7/h2-5,8H,6H2,1H3. The van der Waals surface area contributed by atoms with Crippen molar-refractivity contribution in [3.8, 4) is 0 Å². The fraction of sp³-hybridized carbons (Fsp3) is 0.300. The van der Waals surface area contributed by atoms with Gasteiger partial charge in [0.15, 0.2) is 0 Å². The van der Waals surface area contributed by atoms with Crippen molar-refractivity contribution in [3.63, 3.8) is 0 Å². The highest BCUT2D eigenvalue weighted by atomic mass is 35.5. The second-order valence-corrected chi connectivity index (χ2v) is 3.77. The highest BCUT2D eigenvalue weighted by molar-refractivity contribution is 6.34. The molecule has 0 heterocycles. The van der Waals surface area contributed by atoms with Crippen LogP contribution in [0.3, 0.4) is 0 Å². The molecule has 0 spiro atoms. The Morgan fingerprint density at radius 2 is 1.93 bits per heavy atom. The molecule has 1 aromatic carbocycles. The molecular formula is C10H10Cl2O2. The third-order valence-electron chi connectivity index (χ3n) is 1.82. The second-order valence-electron chi connectivity index (χ2n) is 2.90. The SMILES string of the molecule is COCC(C=O)c1cc(Cl)cc(Cl)c1. The van der Waals surface area contributed by atoms with E-state index < -0.39 is 0 Å². The first kappa shape index (κ1) is 11.5. The molecule has 0 N–H and O–H groups in total. The number of rotatable bonds is 4. The number of hydrogen-bond acceptors (Lipinski definition) is 2. The first-order chi connectivity index (χ1) is 6.67. The number of benzene rings is 1. The molecule has 1 rings (SSSR count). The smallest absolute Gasteiger partial charge is 0.129 e. The van der Waals surface area contributed by atoms with Crippen molar-refractivity contribution in [2.24, 2.45) is 0 Å². The number of carbonyl (C=O) groups is 1. The number of ether oxygens (including phenoxy) is 1. The van der Waals surface area contributed by atoms with E-state index in [1.807, 2.05) is 0 Å². The van der Waals surface area contributed by atoms with E-state index in [0.29, 0.717) is 16.7 Å². The Hall–Kier alpha value is -0.570. The van der Waals surface area contributed by atoms with Crippen LogP contribution in [0.1, 0.15) is 11.5 Å². The van der Waals surface area contributed by atoms with Gasteiger partial charge in [-0.1, -0.05) is 23.2 Å². The van der Waals surface area contributed by atoms with Gasteiger partial charge < -0.3 is 9.53 Å². The van der Waals surface area contributed by atoms with E-state index in [4.69, 9.17) is 27.9 Å². The molecule has 0 aliphatic heterocycles. The molecule has 2 nitrogen and oxygen atoms in total. The predicted octanol–water partition coefficient (Wildman–Crippen LogP) is 2.92. The summed E-state index contributed by atoms with van der Waals surface area (Å²) in [6.45, 7) is 0.334. The number of halogens is 2. The van der Waals surface area contributed by atoms with E-state index in [0.717, 1.165) is 11.8 Å². The fourth-order valence-electron chi connectivity index (χ4n) is 1.18. The monoisotopic (exact) mass is 232 g/mol. The number of aldehydes is 1. The van der Waals surface area contributed by atoms with Crippen LogP contribution in [-0.2, 0) is 9.53 Å². The Balaban J connectivity index is 2.97. The maximum absolute atomic E-state index is 10.8. The van der Waals surface area contributed by atoms with E-state index >= 15 is 0 Å². The lowest BCUT2D eigenvalue weighted by Gasteiger charge is -2.10. The van der Waals surface area contributed by atoms with Crippen molar-refractivity contribution < 1.29 is 9.53 Å². The van der Waals surface area contributed by atoms with Crippen molar-refractivity contribution in [1.82, 2.24) is 0 Å². The van der Waals surface area contributed by atoms with Crippen molar-refractivity contribution in [3.05, 3.63) is 33.8 Å². The maximum atomic E-state index is 10.8. The normalized spacial score (nSPS) is 12.5. The van der Waals surface area contributed by atoms with Gasteiger partial charge in [0.1, 0.15) is 6.29 Å². The number of carbonyl (C=O) groups excluding carboxylic acids is 1. The Bertz CT molecular complexity index is 306. The maximum Gasteiger partial charge on any atom is 0.129 e. The van der Waals surface area contributed by atoms with E-state index in [9.17, 15) is 4.79 Å². The van der Waals surface area contributed by atoms with Crippen LogP contribution in [0, 0.1) is 0 Å². The van der Waals surface area contributed by atoms with E-state index in [1.54, 1.807) is 25.3 Å². The lowest BCUT2D eigenvalue weighted by Crippen LogP contribution is -2.07. The molecule has 0 saturated carbocycles. The minimum absolute atomic E-state index is 0.309. The molecule has 14 heavy (non-hydrogen) atoms. The van der Waals surface area contributed by atoms with Gasteiger partial charge in [-0.3, -0.25) is 0 Å². The van der Waals surface area contributed by atoms with Gasteiger partial charge in [0.05, 0.1) is 12.5 Å². The zero-order valence-electron chi connectivity index (χ0n) is 7.67. The van der Waals surface area contributed by atoms with Crippen molar-refractivity contribution in [2.75, 3.05) is 13.7 Å². The summed E-state index contributed by atoms with van der Waals surface area (Å²) in [6.07, 6.45) is 0.825. The minimum Gasteiger partial charge on any atom is -0.384 e. The summed E-state index contributed by atoms with van der Waals surface area (Å²) < 4.78 is 4.91. The Kier molecular flexibility index (Phi) is 4.39. The summed E-state index contributed by atoms with van der Waals surface area (Å²) in [5.41, 5.74) is 0.777. The lowest BCUT2D eigenvalue weighted by atomic mass is 10.0. The van der Waals surface area contributed by atoms with Crippen LogP contribution in [0.5, 0.6) is 0 Å². The van der Waals surface area contributed by atoms with Crippen LogP contribution < -0.4 is 0 Å². The Morgan fingerprint density at radius 3 is 2.36 bits per heavy atom. The average molecular weight is 233 g/mol. The summed E-state index contributed by atoms with van der Waals surface area (Å²) in [4.78, 5) is 10.8. The third kappa shape index (κ3) is 2.98. The zero-order chi connectivity index (χ0) is 10.6. The van der Waals surface area contributed by atoms with Gasteiger partial charge in [-0.25, -0.2) is 0 Å². The molecule has 0 saturated heterocycles. The third-order valence-corrected chi connectivity index (χ3v) is 2.26. The van der Waals surface area contributed by atoms with E-state index in [2.05, 4.69) is 0 Å². The van der Waals surface area contributed by atoms with Gasteiger partial charge >= 0.3 is 0 Å². The molecule has 76 valence electrons. The quantitative estimate of drug-likeness (QED) is 0.747. The van der Waals surface area contributed by atoms with Gasteiger partial charge in [-0.15, -0.1) is 0 Å². The van der Waals surface area contributed by atoms with Crippen LogP contribution in [0.2, 0.25) is 10.0 Å². The molecule has 0 aliphatic carbocycles. The molecule has 0 radical (unpaired) electrons. The largest absolute Gasteiger partial charge is 0.384 e. The molecule has 0 aliphatic rings. The van der Waals surface area contributed by atoms with Crippen LogP contribution in [0.15, 0.2) is 18.2 Å². The highest BCUT2D eigenvalue weighted by Gasteiger charge is 2.11. The molecule has 1 aromatic rings. The van der Waals surface area contributed by atoms with Crippen LogP contribution in [0.4, 0.5) is 0 Å². The summed E-state index contributed by atoms with van der Waals surface area (Å²) in [7, 11) is 1.54. The summed E-state index contributed by atoms with van der Waals surface area (Å²) in [5.74, 6) is -0.309. The molecular weight excluding hydrogens is 223 g/mol. The van der Waals surface area contributed by atoms with Crippen LogP contribution >= 0.6 is 23.2 Å². The topological polar surface area (TPSA) is 26.3 Å². The lowest BCUT2D eigenvalue weighted by molar-refractivity contribution is -0.110. The van der Waals surface area contributed by atoms with E-state index in [1.165, 1.54) is 0 Å². The Labute approximate surface area is 92.8 Å². The summed E-state index contributed by atoms with van der Waals surface area (Å²) in [6, 6.07) is 5.05. The molecule has 1 unspecified atom stereocenters. The second kappa shape index (κ2) is 5.35. The van der Waals surface area contributed by atoms with Crippen molar-refractivity contribution in [2.45, 2.75) is 5.92 Å². The highest BCUT2D eigenvalue weighted by Crippen LogP contribution is 2.23. The summed E-state index contributed by atoms with van der Waals surface area (Å²) >= 11 is 11.6. The van der Waals surface area contributed by atoms with Gasteiger partial charge in [-0.2, -0.15) is 0 Å². The van der Waals surface area contributed by atoms with Crippen LogP contribution in [-0.4, -0.2) is 20.0 Å². The first-order valence-corrected chi connectivity index (χ1v) is 4.83. The first-order valence-electron chi connectivity index (χ1n) is 4.07. The van der Waals surface area contributed by atoms with Gasteiger partial charge in [0.25, 0.3) is 0 Å². The Morgan fingerprint density at radius 1 is 1.36 bits per heavy atom. The number of hydrogen-bond donors (Lipinski definition) is 0. The van der Waals surface area contributed by atoms with Gasteiger partial charge in [0, 0.05) is 17.2 Å². The van der Waals surface area contributed by atoms with Crippen molar-refractivity contribution in [1.29, 1.82) is 0 Å². The zero-order valence-corrected chi connectivity index (χ0v) is 9.18. The number of methoxy groups -OCH3 is 1. The predicted molar refractivity (Wildman–Crippen MR) is 57.1 cm³/mol. The molecule has 0 fully saturated rings. The molecule has 1 atom stereocenters. The fourth-order valence-corrected chi connectivity index (χ4v) is 1.73. The molecule has 0 amide bonds. The molecule has 4 heteroatoms. The molecule has 0 aromatic heterocycles.